The first kappa shape index (κ1) is 9.45. The number of hydrogen-bond donors (Lipinski definition) is 0. The Bertz CT molecular complexity index is 274. The van der Waals surface area contributed by atoms with Gasteiger partial charge in [0, 0.05) is 12.8 Å². The highest BCUT2D eigenvalue weighted by Crippen LogP contribution is 2.43. The zero-order valence-electron chi connectivity index (χ0n) is 7.49. The van der Waals surface area contributed by atoms with E-state index in [2.05, 4.69) is 29.5 Å². The largest absolute Gasteiger partial charge is 0.455 e. The number of fused-ring (bicyclic) bond motifs is 1. The second-order valence-electron chi connectivity index (χ2n) is 3.48. The van der Waals surface area contributed by atoms with Crippen molar-refractivity contribution in [3.63, 3.8) is 0 Å². The molecule has 0 aromatic heterocycles. The Balaban J connectivity index is 2.09. The van der Waals surface area contributed by atoms with E-state index in [0.29, 0.717) is 5.92 Å². The number of esters is 1. The van der Waals surface area contributed by atoms with E-state index in [0.717, 1.165) is 0 Å². The van der Waals surface area contributed by atoms with Gasteiger partial charge in [0.25, 0.3) is 0 Å². The van der Waals surface area contributed by atoms with Crippen molar-refractivity contribution in [3.8, 4) is 0 Å². The molecule has 4 atom stereocenters. The smallest absolute Gasteiger partial charge is 0.303 e. The number of epoxide rings is 1. The monoisotopic (exact) mass is 294 g/mol. The van der Waals surface area contributed by atoms with E-state index in [4.69, 9.17) is 9.47 Å². The van der Waals surface area contributed by atoms with Gasteiger partial charge >= 0.3 is 5.97 Å². The van der Waals surface area contributed by atoms with Crippen molar-refractivity contribution in [2.24, 2.45) is 5.92 Å². The zero-order valence-corrected chi connectivity index (χ0v) is 9.65. The standard InChI is InChI=1S/C9H11IO3/c1-4-6(10)3-7(12-5(2)11)9-8(4)13-9/h3-4,7-9H,1-2H3. The summed E-state index contributed by atoms with van der Waals surface area (Å²) in [4.78, 5) is 10.8. The molecule has 0 amide bonds. The summed E-state index contributed by atoms with van der Waals surface area (Å²) >= 11 is 2.28. The Kier molecular flexibility index (Phi) is 2.35. The highest BCUT2D eigenvalue weighted by atomic mass is 127. The Morgan fingerprint density at radius 1 is 1.62 bits per heavy atom. The molecule has 1 aliphatic carbocycles. The van der Waals surface area contributed by atoms with Crippen LogP contribution in [0.25, 0.3) is 0 Å². The number of carbonyl (C=O) groups is 1. The molecule has 0 N–H and O–H groups in total. The van der Waals surface area contributed by atoms with Crippen LogP contribution in [0.4, 0.5) is 0 Å². The van der Waals surface area contributed by atoms with Crippen LogP contribution in [0.3, 0.4) is 0 Å². The Morgan fingerprint density at radius 2 is 2.31 bits per heavy atom. The second-order valence-corrected chi connectivity index (χ2v) is 4.73. The van der Waals surface area contributed by atoms with Crippen LogP contribution in [0.2, 0.25) is 0 Å². The van der Waals surface area contributed by atoms with Gasteiger partial charge < -0.3 is 9.47 Å². The van der Waals surface area contributed by atoms with Crippen molar-refractivity contribution in [2.75, 3.05) is 0 Å². The van der Waals surface area contributed by atoms with Crippen molar-refractivity contribution in [1.29, 1.82) is 0 Å². The minimum absolute atomic E-state index is 0.109. The minimum Gasteiger partial charge on any atom is -0.455 e. The van der Waals surface area contributed by atoms with E-state index in [1.54, 1.807) is 0 Å². The SMILES string of the molecule is CC(=O)OC1C=C(I)C(C)C2OC12. The first-order valence-corrected chi connectivity index (χ1v) is 5.37. The van der Waals surface area contributed by atoms with E-state index >= 15 is 0 Å². The van der Waals surface area contributed by atoms with Gasteiger partial charge in [0.1, 0.15) is 12.2 Å². The normalized spacial score (nSPS) is 41.9. The van der Waals surface area contributed by atoms with Gasteiger partial charge in [0.2, 0.25) is 0 Å². The molecular formula is C9H11IO3. The van der Waals surface area contributed by atoms with Crippen LogP contribution < -0.4 is 0 Å². The van der Waals surface area contributed by atoms with Crippen LogP contribution in [-0.4, -0.2) is 24.3 Å². The molecule has 4 heteroatoms. The number of halogens is 1. The fourth-order valence-corrected chi connectivity index (χ4v) is 2.36. The number of hydrogen-bond acceptors (Lipinski definition) is 3. The topological polar surface area (TPSA) is 38.8 Å². The average Bonchev–Trinajstić information content (AvgIpc) is 2.77. The molecule has 0 saturated carbocycles. The second kappa shape index (κ2) is 3.24. The van der Waals surface area contributed by atoms with Crippen molar-refractivity contribution in [2.45, 2.75) is 32.2 Å². The lowest BCUT2D eigenvalue weighted by atomic mass is 9.96. The highest BCUT2D eigenvalue weighted by Gasteiger charge is 2.52. The summed E-state index contributed by atoms with van der Waals surface area (Å²) in [6.45, 7) is 3.56. The molecule has 4 unspecified atom stereocenters. The van der Waals surface area contributed by atoms with Crippen LogP contribution in [0.1, 0.15) is 13.8 Å². The van der Waals surface area contributed by atoms with E-state index in [-0.39, 0.29) is 24.3 Å². The molecule has 0 spiro atoms. The molecule has 1 saturated heterocycles. The quantitative estimate of drug-likeness (QED) is 0.419. The first-order chi connectivity index (χ1) is 6.09. The van der Waals surface area contributed by atoms with E-state index in [1.165, 1.54) is 10.5 Å². The van der Waals surface area contributed by atoms with Crippen LogP contribution in [0.15, 0.2) is 9.66 Å². The lowest BCUT2D eigenvalue weighted by Crippen LogP contribution is -2.27. The first-order valence-electron chi connectivity index (χ1n) is 4.29. The lowest BCUT2D eigenvalue weighted by molar-refractivity contribution is -0.145. The van der Waals surface area contributed by atoms with E-state index < -0.39 is 0 Å². The summed E-state index contributed by atoms with van der Waals surface area (Å²) in [6.07, 6.45) is 2.20. The van der Waals surface area contributed by atoms with Gasteiger partial charge in [-0.2, -0.15) is 0 Å². The van der Waals surface area contributed by atoms with Gasteiger partial charge in [-0.15, -0.1) is 0 Å². The van der Waals surface area contributed by atoms with Gasteiger partial charge in [-0.05, 0) is 32.2 Å². The molecular weight excluding hydrogens is 283 g/mol. The van der Waals surface area contributed by atoms with Gasteiger partial charge in [0.15, 0.2) is 0 Å². The van der Waals surface area contributed by atoms with Gasteiger partial charge in [-0.3, -0.25) is 4.79 Å². The van der Waals surface area contributed by atoms with Crippen LogP contribution >= 0.6 is 22.6 Å². The van der Waals surface area contributed by atoms with Crippen LogP contribution in [0, 0.1) is 5.92 Å². The fourth-order valence-electron chi connectivity index (χ4n) is 1.66. The molecule has 2 rings (SSSR count). The van der Waals surface area contributed by atoms with Crippen molar-refractivity contribution < 1.29 is 14.3 Å². The third-order valence-corrected chi connectivity index (χ3v) is 3.78. The molecule has 3 nitrogen and oxygen atoms in total. The predicted molar refractivity (Wildman–Crippen MR) is 55.5 cm³/mol. The summed E-state index contributed by atoms with van der Waals surface area (Å²) in [5, 5.41) is 0. The predicted octanol–water partition coefficient (Wildman–Crippen LogP) is 1.65. The maximum absolute atomic E-state index is 10.8. The van der Waals surface area contributed by atoms with Gasteiger partial charge in [-0.25, -0.2) is 0 Å². The Morgan fingerprint density at radius 3 is 2.92 bits per heavy atom. The molecule has 0 aromatic rings. The summed E-state index contributed by atoms with van der Waals surface area (Å²) in [7, 11) is 0. The van der Waals surface area contributed by atoms with Crippen molar-refractivity contribution in [3.05, 3.63) is 9.66 Å². The highest BCUT2D eigenvalue weighted by molar-refractivity contribution is 14.1. The summed E-state index contributed by atoms with van der Waals surface area (Å²) in [5.74, 6) is 0.215. The summed E-state index contributed by atoms with van der Waals surface area (Å²) in [6, 6.07) is 0. The molecule has 1 heterocycles. The number of rotatable bonds is 1. The molecule has 0 radical (unpaired) electrons. The van der Waals surface area contributed by atoms with E-state index in [9.17, 15) is 4.79 Å². The van der Waals surface area contributed by atoms with Crippen LogP contribution in [-0.2, 0) is 14.3 Å². The van der Waals surface area contributed by atoms with Gasteiger partial charge in [-0.1, -0.05) is 6.92 Å². The zero-order chi connectivity index (χ0) is 9.59. The fraction of sp³-hybridized carbons (Fsp3) is 0.667. The molecule has 13 heavy (non-hydrogen) atoms. The maximum atomic E-state index is 10.8. The maximum Gasteiger partial charge on any atom is 0.303 e. The molecule has 2 aliphatic rings. The molecule has 0 aromatic carbocycles. The van der Waals surface area contributed by atoms with Crippen molar-refractivity contribution in [1.82, 2.24) is 0 Å². The molecule has 0 bridgehead atoms. The third kappa shape index (κ3) is 1.74. The molecule has 72 valence electrons. The minimum atomic E-state index is -0.241. The number of ether oxygens (including phenoxy) is 2. The number of carbonyl (C=O) groups excluding carboxylic acids is 1. The van der Waals surface area contributed by atoms with Gasteiger partial charge in [0.05, 0.1) is 6.10 Å². The van der Waals surface area contributed by atoms with Crippen molar-refractivity contribution >= 4 is 28.6 Å². The van der Waals surface area contributed by atoms with E-state index in [1.807, 2.05) is 6.08 Å². The summed E-state index contributed by atoms with van der Waals surface area (Å²) < 4.78 is 11.8. The lowest BCUT2D eigenvalue weighted by Gasteiger charge is -2.18. The third-order valence-electron chi connectivity index (χ3n) is 2.44. The Labute approximate surface area is 90.6 Å². The Hall–Kier alpha value is -0.100. The average molecular weight is 294 g/mol. The molecule has 1 aliphatic heterocycles. The van der Waals surface area contributed by atoms with Crippen LogP contribution in [0.5, 0.6) is 0 Å². The summed E-state index contributed by atoms with van der Waals surface area (Å²) in [5.41, 5.74) is 0. The molecule has 1 fully saturated rings.